The van der Waals surface area contributed by atoms with E-state index in [1.807, 2.05) is 35.7 Å². The highest BCUT2D eigenvalue weighted by Crippen LogP contribution is 2.31. The second kappa shape index (κ2) is 8.43. The fraction of sp³-hybridized carbons (Fsp3) is 0.150. The molecule has 1 atom stereocenters. The van der Waals surface area contributed by atoms with E-state index in [1.165, 1.54) is 29.5 Å². The van der Waals surface area contributed by atoms with E-state index in [4.69, 9.17) is 5.26 Å². The van der Waals surface area contributed by atoms with Gasteiger partial charge in [-0.3, -0.25) is 9.59 Å². The Labute approximate surface area is 159 Å². The summed E-state index contributed by atoms with van der Waals surface area (Å²) in [6.45, 7) is -0.135. The molecule has 0 saturated carbocycles. The molecule has 5 nitrogen and oxygen atoms in total. The number of nitrogens with zero attached hydrogens (tertiary/aromatic N) is 1. The standard InChI is InChI=1S/C20H16FN3O2S/c21-17-7-3-1-6-14(17)19(25)24-11-15(20(26)23-10-9-22)16-12-27-18-8-4-2-5-13(16)18/h1-8,12,15H,10-11H2,(H,23,26)(H,24,25). The SMILES string of the molecule is N#CCNC(=O)C(CNC(=O)c1ccccc1F)c1csc2ccccc12. The normalized spacial score (nSPS) is 11.6. The van der Waals surface area contributed by atoms with E-state index >= 15 is 0 Å². The van der Waals surface area contributed by atoms with Crippen molar-refractivity contribution in [3.8, 4) is 6.07 Å². The quantitative estimate of drug-likeness (QED) is 0.644. The minimum Gasteiger partial charge on any atom is -0.351 e. The lowest BCUT2D eigenvalue weighted by molar-refractivity contribution is -0.122. The van der Waals surface area contributed by atoms with E-state index in [1.54, 1.807) is 6.07 Å². The summed E-state index contributed by atoms with van der Waals surface area (Å²) in [5.74, 6) is -2.27. The second-order valence-corrected chi connectivity index (χ2v) is 6.72. The highest BCUT2D eigenvalue weighted by molar-refractivity contribution is 7.17. The molecule has 0 aliphatic heterocycles. The Bertz CT molecular complexity index is 1030. The molecule has 1 unspecified atom stereocenters. The number of benzene rings is 2. The van der Waals surface area contributed by atoms with Gasteiger partial charge in [-0.05, 0) is 34.5 Å². The number of fused-ring (bicyclic) bond motifs is 1. The average Bonchev–Trinajstić information content (AvgIpc) is 3.10. The van der Waals surface area contributed by atoms with Gasteiger partial charge in [0.25, 0.3) is 5.91 Å². The molecule has 1 aromatic heterocycles. The third kappa shape index (κ3) is 4.13. The zero-order chi connectivity index (χ0) is 19.2. The van der Waals surface area contributed by atoms with E-state index in [2.05, 4.69) is 10.6 Å². The first kappa shape index (κ1) is 18.5. The Morgan fingerprint density at radius 2 is 1.85 bits per heavy atom. The van der Waals surface area contributed by atoms with Crippen LogP contribution in [0.5, 0.6) is 0 Å². The van der Waals surface area contributed by atoms with Gasteiger partial charge in [0.2, 0.25) is 5.91 Å². The van der Waals surface area contributed by atoms with Crippen molar-refractivity contribution in [2.75, 3.05) is 13.1 Å². The van der Waals surface area contributed by atoms with Gasteiger partial charge in [0, 0.05) is 11.2 Å². The Hall–Kier alpha value is -3.24. The Morgan fingerprint density at radius 1 is 1.11 bits per heavy atom. The van der Waals surface area contributed by atoms with Crippen LogP contribution in [-0.2, 0) is 4.79 Å². The topological polar surface area (TPSA) is 82.0 Å². The van der Waals surface area contributed by atoms with Crippen molar-refractivity contribution in [2.45, 2.75) is 5.92 Å². The van der Waals surface area contributed by atoms with Gasteiger partial charge in [-0.1, -0.05) is 30.3 Å². The summed E-state index contributed by atoms with van der Waals surface area (Å²) in [7, 11) is 0. The molecule has 2 N–H and O–H groups in total. The van der Waals surface area contributed by atoms with Crippen molar-refractivity contribution in [2.24, 2.45) is 0 Å². The molecule has 0 aliphatic carbocycles. The van der Waals surface area contributed by atoms with E-state index in [0.29, 0.717) is 0 Å². The number of nitriles is 1. The maximum Gasteiger partial charge on any atom is 0.254 e. The summed E-state index contributed by atoms with van der Waals surface area (Å²) >= 11 is 1.50. The maximum absolute atomic E-state index is 13.8. The summed E-state index contributed by atoms with van der Waals surface area (Å²) in [6.07, 6.45) is 0. The van der Waals surface area contributed by atoms with Crippen LogP contribution < -0.4 is 10.6 Å². The number of thiophene rings is 1. The van der Waals surface area contributed by atoms with Gasteiger partial charge in [0.15, 0.2) is 0 Å². The summed E-state index contributed by atoms with van der Waals surface area (Å²) in [4.78, 5) is 24.9. The molecule has 0 spiro atoms. The van der Waals surface area contributed by atoms with Gasteiger partial charge in [-0.25, -0.2) is 4.39 Å². The van der Waals surface area contributed by atoms with Gasteiger partial charge < -0.3 is 10.6 Å². The first-order valence-electron chi connectivity index (χ1n) is 8.25. The Balaban J connectivity index is 1.85. The number of carbonyl (C=O) groups is 2. The lowest BCUT2D eigenvalue weighted by Gasteiger charge is -2.17. The maximum atomic E-state index is 13.8. The largest absolute Gasteiger partial charge is 0.351 e. The van der Waals surface area contributed by atoms with Crippen LogP contribution in [-0.4, -0.2) is 24.9 Å². The van der Waals surface area contributed by atoms with Crippen LogP contribution in [0.25, 0.3) is 10.1 Å². The molecule has 7 heteroatoms. The zero-order valence-electron chi connectivity index (χ0n) is 14.2. The van der Waals surface area contributed by atoms with Crippen molar-refractivity contribution < 1.29 is 14.0 Å². The monoisotopic (exact) mass is 381 g/mol. The molecule has 0 bridgehead atoms. The van der Waals surface area contributed by atoms with Crippen LogP contribution in [0.3, 0.4) is 0 Å². The molecule has 3 rings (SSSR count). The number of rotatable bonds is 6. The van der Waals surface area contributed by atoms with Crippen molar-refractivity contribution in [1.29, 1.82) is 5.26 Å². The fourth-order valence-electron chi connectivity index (χ4n) is 2.80. The molecule has 0 saturated heterocycles. The van der Waals surface area contributed by atoms with Crippen molar-refractivity contribution in [3.05, 3.63) is 70.9 Å². The molecule has 0 aliphatic rings. The van der Waals surface area contributed by atoms with E-state index < -0.39 is 17.6 Å². The van der Waals surface area contributed by atoms with Crippen molar-refractivity contribution >= 4 is 33.2 Å². The molecule has 2 aromatic carbocycles. The average molecular weight is 381 g/mol. The smallest absolute Gasteiger partial charge is 0.254 e. The van der Waals surface area contributed by atoms with Gasteiger partial charge in [0.05, 0.1) is 17.6 Å². The molecule has 27 heavy (non-hydrogen) atoms. The van der Waals surface area contributed by atoms with Crippen LogP contribution in [0.15, 0.2) is 53.9 Å². The van der Waals surface area contributed by atoms with Crippen molar-refractivity contribution in [1.82, 2.24) is 10.6 Å². The van der Waals surface area contributed by atoms with Gasteiger partial charge in [-0.15, -0.1) is 11.3 Å². The first-order chi connectivity index (χ1) is 13.1. The predicted molar refractivity (Wildman–Crippen MR) is 102 cm³/mol. The van der Waals surface area contributed by atoms with Gasteiger partial charge >= 0.3 is 0 Å². The molecule has 0 fully saturated rings. The number of hydrogen-bond donors (Lipinski definition) is 2. The minimum atomic E-state index is -0.690. The molecular weight excluding hydrogens is 365 g/mol. The minimum absolute atomic E-state index is 0.00877. The number of carbonyl (C=O) groups excluding carboxylic acids is 2. The Kier molecular flexibility index (Phi) is 5.79. The summed E-state index contributed by atoms with van der Waals surface area (Å²) in [6, 6.07) is 15.2. The predicted octanol–water partition coefficient (Wildman–Crippen LogP) is 3.19. The summed E-state index contributed by atoms with van der Waals surface area (Å²) in [5.41, 5.74) is 0.684. The summed E-state index contributed by atoms with van der Waals surface area (Å²) < 4.78 is 14.8. The third-order valence-electron chi connectivity index (χ3n) is 4.13. The highest BCUT2D eigenvalue weighted by Gasteiger charge is 2.24. The molecule has 1 heterocycles. The third-order valence-corrected chi connectivity index (χ3v) is 5.11. The summed E-state index contributed by atoms with van der Waals surface area (Å²) in [5, 5.41) is 16.7. The number of nitrogens with one attached hydrogen (secondary N) is 2. The lowest BCUT2D eigenvalue weighted by Crippen LogP contribution is -2.37. The van der Waals surface area contributed by atoms with Crippen LogP contribution >= 0.6 is 11.3 Å². The van der Waals surface area contributed by atoms with Crippen LogP contribution in [0.1, 0.15) is 21.8 Å². The molecule has 136 valence electrons. The number of hydrogen-bond acceptors (Lipinski definition) is 4. The van der Waals surface area contributed by atoms with E-state index in [9.17, 15) is 14.0 Å². The Morgan fingerprint density at radius 3 is 2.63 bits per heavy atom. The number of amides is 2. The van der Waals surface area contributed by atoms with Gasteiger partial charge in [-0.2, -0.15) is 5.26 Å². The van der Waals surface area contributed by atoms with Crippen LogP contribution in [0.4, 0.5) is 4.39 Å². The van der Waals surface area contributed by atoms with Gasteiger partial charge in [0.1, 0.15) is 12.4 Å². The highest BCUT2D eigenvalue weighted by atomic mass is 32.1. The van der Waals surface area contributed by atoms with Crippen LogP contribution in [0, 0.1) is 17.1 Å². The van der Waals surface area contributed by atoms with Crippen molar-refractivity contribution in [3.63, 3.8) is 0 Å². The zero-order valence-corrected chi connectivity index (χ0v) is 15.1. The lowest BCUT2D eigenvalue weighted by atomic mass is 9.97. The number of halogens is 1. The molecule has 3 aromatic rings. The first-order valence-corrected chi connectivity index (χ1v) is 9.13. The molecular formula is C20H16FN3O2S. The van der Waals surface area contributed by atoms with Crippen LogP contribution in [0.2, 0.25) is 0 Å². The second-order valence-electron chi connectivity index (χ2n) is 5.81. The van der Waals surface area contributed by atoms with E-state index in [0.717, 1.165) is 15.6 Å². The van der Waals surface area contributed by atoms with E-state index in [-0.39, 0.29) is 24.6 Å². The fourth-order valence-corrected chi connectivity index (χ4v) is 3.81. The molecule has 2 amide bonds. The molecule has 0 radical (unpaired) electrons.